The second-order valence-electron chi connectivity index (χ2n) is 6.83. The van der Waals surface area contributed by atoms with E-state index in [0.29, 0.717) is 6.04 Å². The number of fused-ring (bicyclic) bond motifs is 3. The van der Waals surface area contributed by atoms with Gasteiger partial charge in [-0.25, -0.2) is 0 Å². The molecule has 1 atom stereocenters. The summed E-state index contributed by atoms with van der Waals surface area (Å²) in [6.45, 7) is 1.09. The Balaban J connectivity index is 1.58. The smallest absolute Gasteiger partial charge is 0.0498 e. The van der Waals surface area contributed by atoms with Crippen LogP contribution in [0.5, 0.6) is 0 Å². The van der Waals surface area contributed by atoms with E-state index < -0.39 is 0 Å². The molecule has 1 aliphatic rings. The van der Waals surface area contributed by atoms with Gasteiger partial charge in [0.2, 0.25) is 0 Å². The molecule has 1 N–H and O–H groups in total. The van der Waals surface area contributed by atoms with Crippen LogP contribution in [0.4, 0.5) is 0 Å². The summed E-state index contributed by atoms with van der Waals surface area (Å²) in [7, 11) is 2.27. The Labute approximate surface area is 152 Å². The van der Waals surface area contributed by atoms with Crippen LogP contribution < -0.4 is 0 Å². The first-order valence-electron chi connectivity index (χ1n) is 8.76. The van der Waals surface area contributed by atoms with Crippen molar-refractivity contribution in [3.8, 4) is 0 Å². The van der Waals surface area contributed by atoms with Crippen LogP contribution in [0.1, 0.15) is 35.7 Å². The van der Waals surface area contributed by atoms with Crippen molar-refractivity contribution in [3.05, 3.63) is 69.8 Å². The molecule has 24 heavy (non-hydrogen) atoms. The van der Waals surface area contributed by atoms with Crippen molar-refractivity contribution in [1.29, 1.82) is 0 Å². The Morgan fingerprint density at radius 2 is 2.00 bits per heavy atom. The summed E-state index contributed by atoms with van der Waals surface area (Å²) < 4.78 is 1.16. The van der Waals surface area contributed by atoms with Crippen molar-refractivity contribution in [3.63, 3.8) is 0 Å². The van der Waals surface area contributed by atoms with Gasteiger partial charge >= 0.3 is 0 Å². The van der Waals surface area contributed by atoms with Crippen LogP contribution in [0.3, 0.4) is 0 Å². The summed E-state index contributed by atoms with van der Waals surface area (Å²) in [5.41, 5.74) is 5.64. The third kappa shape index (κ3) is 3.03. The Bertz CT molecular complexity index is 838. The molecule has 2 nitrogen and oxygen atoms in total. The summed E-state index contributed by atoms with van der Waals surface area (Å²) in [5, 5.41) is 1.39. The van der Waals surface area contributed by atoms with Crippen LogP contribution in [0.25, 0.3) is 10.9 Å². The summed E-state index contributed by atoms with van der Waals surface area (Å²) in [4.78, 5) is 6.23. The molecule has 2 aromatic carbocycles. The zero-order valence-corrected chi connectivity index (χ0v) is 15.6. The molecule has 0 bridgehead atoms. The van der Waals surface area contributed by atoms with Gasteiger partial charge in [-0.05, 0) is 62.1 Å². The molecular weight excluding hydrogens is 360 g/mol. The zero-order valence-electron chi connectivity index (χ0n) is 14.1. The van der Waals surface area contributed by atoms with E-state index >= 15 is 0 Å². The summed E-state index contributed by atoms with van der Waals surface area (Å²) in [5.74, 6) is 0. The van der Waals surface area contributed by atoms with Crippen molar-refractivity contribution >= 4 is 26.8 Å². The third-order valence-electron chi connectivity index (χ3n) is 5.27. The number of aromatic amines is 1. The SMILES string of the molecule is CN(CCc1ccccc1)C1CCCc2c1[nH]c1ccc(Br)cc21. The third-order valence-corrected chi connectivity index (χ3v) is 5.76. The molecule has 1 aliphatic carbocycles. The lowest BCUT2D eigenvalue weighted by molar-refractivity contribution is 0.220. The molecule has 0 saturated carbocycles. The lowest BCUT2D eigenvalue weighted by Crippen LogP contribution is -2.29. The van der Waals surface area contributed by atoms with E-state index in [-0.39, 0.29) is 0 Å². The van der Waals surface area contributed by atoms with Gasteiger partial charge in [0, 0.05) is 33.7 Å². The Morgan fingerprint density at radius 1 is 1.17 bits per heavy atom. The highest BCUT2D eigenvalue weighted by atomic mass is 79.9. The van der Waals surface area contributed by atoms with Crippen LogP contribution in [-0.4, -0.2) is 23.5 Å². The monoisotopic (exact) mass is 382 g/mol. The largest absolute Gasteiger partial charge is 0.357 e. The van der Waals surface area contributed by atoms with E-state index in [1.807, 2.05) is 0 Å². The van der Waals surface area contributed by atoms with Crippen LogP contribution in [-0.2, 0) is 12.8 Å². The van der Waals surface area contributed by atoms with E-state index in [4.69, 9.17) is 0 Å². The Kier molecular flexibility index (Phi) is 4.47. The fourth-order valence-corrected chi connectivity index (χ4v) is 4.32. The lowest BCUT2D eigenvalue weighted by atomic mass is 9.91. The van der Waals surface area contributed by atoms with E-state index in [1.54, 1.807) is 0 Å². The predicted octanol–water partition coefficient (Wildman–Crippen LogP) is 5.48. The van der Waals surface area contributed by atoms with Gasteiger partial charge in [-0.2, -0.15) is 0 Å². The fraction of sp³-hybridized carbons (Fsp3) is 0.333. The molecule has 124 valence electrons. The number of nitrogens with zero attached hydrogens (tertiary/aromatic N) is 1. The highest BCUT2D eigenvalue weighted by molar-refractivity contribution is 9.10. The second kappa shape index (κ2) is 6.73. The van der Waals surface area contributed by atoms with Gasteiger partial charge in [0.25, 0.3) is 0 Å². The number of hydrogen-bond donors (Lipinski definition) is 1. The van der Waals surface area contributed by atoms with Gasteiger partial charge in [0.1, 0.15) is 0 Å². The number of likely N-dealkylation sites (N-methyl/N-ethyl adjacent to an activating group) is 1. The maximum Gasteiger partial charge on any atom is 0.0498 e. The van der Waals surface area contributed by atoms with Crippen LogP contribution in [0.15, 0.2) is 53.0 Å². The number of H-pyrrole nitrogens is 1. The fourth-order valence-electron chi connectivity index (χ4n) is 3.96. The molecule has 0 radical (unpaired) electrons. The maximum atomic E-state index is 3.71. The number of halogens is 1. The lowest BCUT2D eigenvalue weighted by Gasteiger charge is -2.31. The molecule has 0 spiro atoms. The highest BCUT2D eigenvalue weighted by Crippen LogP contribution is 2.38. The topological polar surface area (TPSA) is 19.0 Å². The van der Waals surface area contributed by atoms with Gasteiger partial charge in [0.05, 0.1) is 0 Å². The minimum atomic E-state index is 0.503. The predicted molar refractivity (Wildman–Crippen MR) is 104 cm³/mol. The molecule has 1 aromatic heterocycles. The van der Waals surface area contributed by atoms with Crippen molar-refractivity contribution in [2.75, 3.05) is 13.6 Å². The molecule has 0 aliphatic heterocycles. The van der Waals surface area contributed by atoms with Crippen LogP contribution in [0.2, 0.25) is 0 Å². The molecule has 3 aromatic rings. The molecule has 1 heterocycles. The van der Waals surface area contributed by atoms with E-state index in [1.165, 1.54) is 47.0 Å². The Morgan fingerprint density at radius 3 is 2.83 bits per heavy atom. The molecule has 3 heteroatoms. The first kappa shape index (κ1) is 15.9. The minimum Gasteiger partial charge on any atom is -0.357 e. The van der Waals surface area contributed by atoms with Crippen molar-refractivity contribution in [2.45, 2.75) is 31.7 Å². The molecule has 0 amide bonds. The van der Waals surface area contributed by atoms with Crippen molar-refractivity contribution in [1.82, 2.24) is 9.88 Å². The van der Waals surface area contributed by atoms with E-state index in [9.17, 15) is 0 Å². The second-order valence-corrected chi connectivity index (χ2v) is 7.75. The standard InChI is InChI=1S/C21H23BrN2/c1-24(13-12-15-6-3-2-4-7-15)20-9-5-8-17-18-14-16(22)10-11-19(18)23-21(17)20/h2-4,6-7,10-11,14,20,23H,5,8-9,12-13H2,1H3. The summed E-state index contributed by atoms with van der Waals surface area (Å²) in [6, 6.07) is 17.9. The summed E-state index contributed by atoms with van der Waals surface area (Å²) in [6.07, 6.45) is 4.81. The average molecular weight is 383 g/mol. The van der Waals surface area contributed by atoms with Gasteiger partial charge in [0.15, 0.2) is 0 Å². The first-order valence-corrected chi connectivity index (χ1v) is 9.56. The average Bonchev–Trinajstić information content (AvgIpc) is 2.98. The first-order chi connectivity index (χ1) is 11.7. The molecule has 0 fully saturated rings. The quantitative estimate of drug-likeness (QED) is 0.632. The van der Waals surface area contributed by atoms with Crippen LogP contribution >= 0.6 is 15.9 Å². The number of benzene rings is 2. The van der Waals surface area contributed by atoms with Gasteiger partial charge in [-0.3, -0.25) is 4.90 Å². The van der Waals surface area contributed by atoms with Gasteiger partial charge in [-0.15, -0.1) is 0 Å². The minimum absolute atomic E-state index is 0.503. The molecule has 1 unspecified atom stereocenters. The number of rotatable bonds is 4. The zero-order chi connectivity index (χ0) is 16.5. The van der Waals surface area contributed by atoms with Crippen molar-refractivity contribution < 1.29 is 0 Å². The van der Waals surface area contributed by atoms with E-state index in [2.05, 4.69) is 81.4 Å². The number of aromatic nitrogens is 1. The molecular formula is C21H23BrN2. The molecule has 0 saturated heterocycles. The molecule has 4 rings (SSSR count). The van der Waals surface area contributed by atoms with Crippen LogP contribution in [0, 0.1) is 0 Å². The van der Waals surface area contributed by atoms with Gasteiger partial charge in [-0.1, -0.05) is 46.3 Å². The highest BCUT2D eigenvalue weighted by Gasteiger charge is 2.27. The summed E-state index contributed by atoms with van der Waals surface area (Å²) >= 11 is 3.62. The normalized spacial score (nSPS) is 17.4. The number of aryl methyl sites for hydroxylation is 1. The van der Waals surface area contributed by atoms with E-state index in [0.717, 1.165) is 17.4 Å². The number of hydrogen-bond acceptors (Lipinski definition) is 1. The number of nitrogens with one attached hydrogen (secondary N) is 1. The maximum absolute atomic E-state index is 3.71. The van der Waals surface area contributed by atoms with Crippen molar-refractivity contribution in [2.24, 2.45) is 0 Å². The Hall–Kier alpha value is -1.58. The van der Waals surface area contributed by atoms with Gasteiger partial charge < -0.3 is 4.98 Å².